The standard InChI is InChI=1S/C20H19N3O2S/c21-20-22-17-7-13(4-5-18(17)26-20)12-2-1-3-14(6-12)19(24)23-8-15-10-25-11-16(15)9-23/h1-7,15-16H,8-11H2,(H2,21,22)/t15-,16+. The fourth-order valence-electron chi connectivity index (χ4n) is 3.99. The molecule has 0 bridgehead atoms. The fourth-order valence-corrected chi connectivity index (χ4v) is 4.71. The molecule has 2 aliphatic heterocycles. The van der Waals surface area contributed by atoms with Crippen LogP contribution in [0.3, 0.4) is 0 Å². The van der Waals surface area contributed by atoms with Crippen LogP contribution in [0.25, 0.3) is 21.3 Å². The molecule has 3 heterocycles. The predicted molar refractivity (Wildman–Crippen MR) is 103 cm³/mol. The van der Waals surface area contributed by atoms with Gasteiger partial charge in [-0.15, -0.1) is 0 Å². The Hall–Kier alpha value is -2.44. The number of hydrogen-bond donors (Lipinski definition) is 1. The van der Waals surface area contributed by atoms with Crippen molar-refractivity contribution in [2.75, 3.05) is 32.0 Å². The van der Waals surface area contributed by atoms with Gasteiger partial charge in [0.05, 0.1) is 23.4 Å². The smallest absolute Gasteiger partial charge is 0.253 e. The number of fused-ring (bicyclic) bond motifs is 2. The van der Waals surface area contributed by atoms with E-state index in [-0.39, 0.29) is 5.91 Å². The number of ether oxygens (including phenoxy) is 1. The van der Waals surface area contributed by atoms with Crippen molar-refractivity contribution < 1.29 is 9.53 Å². The quantitative estimate of drug-likeness (QED) is 0.757. The van der Waals surface area contributed by atoms with E-state index >= 15 is 0 Å². The van der Waals surface area contributed by atoms with Crippen LogP contribution >= 0.6 is 11.3 Å². The molecule has 132 valence electrons. The van der Waals surface area contributed by atoms with Gasteiger partial charge in [-0.25, -0.2) is 4.98 Å². The van der Waals surface area contributed by atoms with Crippen LogP contribution in [-0.4, -0.2) is 42.1 Å². The number of nitrogens with two attached hydrogens (primary N) is 1. The number of likely N-dealkylation sites (tertiary alicyclic amines) is 1. The van der Waals surface area contributed by atoms with Gasteiger partial charge in [-0.05, 0) is 35.4 Å². The van der Waals surface area contributed by atoms with E-state index in [1.54, 1.807) is 0 Å². The molecule has 2 fully saturated rings. The summed E-state index contributed by atoms with van der Waals surface area (Å²) in [4.78, 5) is 19.3. The van der Waals surface area contributed by atoms with Crippen LogP contribution in [0.4, 0.5) is 5.13 Å². The molecule has 2 N–H and O–H groups in total. The highest BCUT2D eigenvalue weighted by Gasteiger charge is 2.39. The Morgan fingerprint density at radius 3 is 2.69 bits per heavy atom. The molecule has 2 atom stereocenters. The third kappa shape index (κ3) is 2.66. The molecule has 0 spiro atoms. The molecule has 1 amide bonds. The maximum Gasteiger partial charge on any atom is 0.253 e. The molecule has 6 heteroatoms. The summed E-state index contributed by atoms with van der Waals surface area (Å²) in [7, 11) is 0. The molecule has 2 aliphatic rings. The van der Waals surface area contributed by atoms with E-state index in [0.717, 1.165) is 53.2 Å². The Morgan fingerprint density at radius 2 is 1.88 bits per heavy atom. The number of hydrogen-bond acceptors (Lipinski definition) is 5. The molecule has 0 unspecified atom stereocenters. The van der Waals surface area contributed by atoms with E-state index in [0.29, 0.717) is 17.0 Å². The number of nitrogens with zero attached hydrogens (tertiary/aromatic N) is 2. The normalized spacial score (nSPS) is 22.1. The minimum Gasteiger partial charge on any atom is -0.381 e. The second-order valence-electron chi connectivity index (χ2n) is 7.08. The first-order chi connectivity index (χ1) is 12.7. The SMILES string of the molecule is Nc1nc2cc(-c3cccc(C(=O)N4C[C@H]5COC[C@H]5C4)c3)ccc2s1. The zero-order valence-electron chi connectivity index (χ0n) is 14.2. The molecule has 26 heavy (non-hydrogen) atoms. The summed E-state index contributed by atoms with van der Waals surface area (Å²) < 4.78 is 6.58. The predicted octanol–water partition coefficient (Wildman–Crippen LogP) is 3.26. The van der Waals surface area contributed by atoms with Crippen molar-refractivity contribution in [1.82, 2.24) is 9.88 Å². The van der Waals surface area contributed by atoms with Gasteiger partial charge in [-0.2, -0.15) is 0 Å². The molecule has 2 saturated heterocycles. The van der Waals surface area contributed by atoms with Gasteiger partial charge in [-0.3, -0.25) is 4.79 Å². The van der Waals surface area contributed by atoms with Gasteiger partial charge in [0.25, 0.3) is 5.91 Å². The fraction of sp³-hybridized carbons (Fsp3) is 0.300. The van der Waals surface area contributed by atoms with Gasteiger partial charge in [0.15, 0.2) is 5.13 Å². The molecule has 5 rings (SSSR count). The Kier molecular flexibility index (Phi) is 3.69. The first-order valence-corrected chi connectivity index (χ1v) is 9.62. The van der Waals surface area contributed by atoms with Gasteiger partial charge in [0.2, 0.25) is 0 Å². The van der Waals surface area contributed by atoms with Crippen LogP contribution in [-0.2, 0) is 4.74 Å². The molecule has 5 nitrogen and oxygen atoms in total. The number of nitrogen functional groups attached to an aromatic ring is 1. The minimum absolute atomic E-state index is 0.111. The third-order valence-electron chi connectivity index (χ3n) is 5.37. The highest BCUT2D eigenvalue weighted by Crippen LogP contribution is 2.32. The highest BCUT2D eigenvalue weighted by molar-refractivity contribution is 7.22. The summed E-state index contributed by atoms with van der Waals surface area (Å²) in [6, 6.07) is 14.0. The minimum atomic E-state index is 0.111. The number of anilines is 1. The molecule has 0 radical (unpaired) electrons. The number of rotatable bonds is 2. The van der Waals surface area contributed by atoms with Gasteiger partial charge >= 0.3 is 0 Å². The molecular formula is C20H19N3O2S. The van der Waals surface area contributed by atoms with Crippen LogP contribution < -0.4 is 5.73 Å². The zero-order valence-corrected chi connectivity index (χ0v) is 15.0. The van der Waals surface area contributed by atoms with Crippen molar-refractivity contribution in [2.24, 2.45) is 11.8 Å². The third-order valence-corrected chi connectivity index (χ3v) is 6.24. The summed E-state index contributed by atoms with van der Waals surface area (Å²) in [5, 5.41) is 0.574. The lowest BCUT2D eigenvalue weighted by Gasteiger charge is -2.18. The summed E-state index contributed by atoms with van der Waals surface area (Å²) >= 11 is 1.48. The van der Waals surface area contributed by atoms with E-state index in [4.69, 9.17) is 10.5 Å². The monoisotopic (exact) mass is 365 g/mol. The van der Waals surface area contributed by atoms with E-state index in [9.17, 15) is 4.79 Å². The van der Waals surface area contributed by atoms with Crippen molar-refractivity contribution in [3.05, 3.63) is 48.0 Å². The lowest BCUT2D eigenvalue weighted by Crippen LogP contribution is -2.30. The van der Waals surface area contributed by atoms with E-state index < -0.39 is 0 Å². The van der Waals surface area contributed by atoms with Gasteiger partial charge in [0.1, 0.15) is 0 Å². The maximum atomic E-state index is 12.9. The maximum absolute atomic E-state index is 12.9. The van der Waals surface area contributed by atoms with Crippen LogP contribution in [0.5, 0.6) is 0 Å². The van der Waals surface area contributed by atoms with E-state index in [1.807, 2.05) is 41.3 Å². The largest absolute Gasteiger partial charge is 0.381 e. The highest BCUT2D eigenvalue weighted by atomic mass is 32.1. The first kappa shape index (κ1) is 15.8. The number of aromatic nitrogens is 1. The average molecular weight is 365 g/mol. The zero-order chi connectivity index (χ0) is 17.7. The van der Waals surface area contributed by atoms with Crippen LogP contribution in [0.1, 0.15) is 10.4 Å². The number of carbonyl (C=O) groups is 1. The summed E-state index contributed by atoms with van der Waals surface area (Å²) in [6.45, 7) is 3.17. The Labute approximate surface area is 155 Å². The van der Waals surface area contributed by atoms with Gasteiger partial charge in [0, 0.05) is 30.5 Å². The van der Waals surface area contributed by atoms with Crippen molar-refractivity contribution in [3.63, 3.8) is 0 Å². The van der Waals surface area contributed by atoms with E-state index in [2.05, 4.69) is 11.1 Å². The number of carbonyl (C=O) groups excluding carboxylic acids is 1. The molecule has 1 aromatic heterocycles. The second kappa shape index (κ2) is 6.07. The second-order valence-corrected chi connectivity index (χ2v) is 8.15. The summed E-state index contributed by atoms with van der Waals surface area (Å²) in [5.41, 5.74) is 9.50. The van der Waals surface area contributed by atoms with Crippen molar-refractivity contribution in [3.8, 4) is 11.1 Å². The van der Waals surface area contributed by atoms with Crippen molar-refractivity contribution in [2.45, 2.75) is 0 Å². The van der Waals surface area contributed by atoms with Gasteiger partial charge in [-0.1, -0.05) is 29.5 Å². The number of benzene rings is 2. The first-order valence-electron chi connectivity index (χ1n) is 8.81. The average Bonchev–Trinajstić information content (AvgIpc) is 3.33. The Balaban J connectivity index is 1.43. The molecule has 3 aromatic rings. The van der Waals surface area contributed by atoms with Crippen LogP contribution in [0.2, 0.25) is 0 Å². The lowest BCUT2D eigenvalue weighted by molar-refractivity contribution is 0.0751. The van der Waals surface area contributed by atoms with Crippen LogP contribution in [0.15, 0.2) is 42.5 Å². The van der Waals surface area contributed by atoms with E-state index in [1.165, 1.54) is 11.3 Å². The summed E-state index contributed by atoms with van der Waals surface area (Å²) in [6.07, 6.45) is 0. The lowest BCUT2D eigenvalue weighted by atomic mass is 10.0. The van der Waals surface area contributed by atoms with Gasteiger partial charge < -0.3 is 15.4 Å². The van der Waals surface area contributed by atoms with Crippen molar-refractivity contribution >= 4 is 32.6 Å². The van der Waals surface area contributed by atoms with Crippen molar-refractivity contribution in [1.29, 1.82) is 0 Å². The molecule has 0 aliphatic carbocycles. The molecular weight excluding hydrogens is 346 g/mol. The summed E-state index contributed by atoms with van der Waals surface area (Å²) in [5.74, 6) is 1.11. The Morgan fingerprint density at radius 1 is 1.12 bits per heavy atom. The Bertz CT molecular complexity index is 988. The molecule has 0 saturated carbocycles. The number of amides is 1. The topological polar surface area (TPSA) is 68.5 Å². The molecule has 2 aromatic carbocycles. The number of thiazole rings is 1. The van der Waals surface area contributed by atoms with Crippen LogP contribution in [0, 0.1) is 11.8 Å².